The summed E-state index contributed by atoms with van der Waals surface area (Å²) in [5.41, 5.74) is 6.26. The lowest BCUT2D eigenvalue weighted by Gasteiger charge is -2.19. The average Bonchev–Trinajstić information content (AvgIpc) is 3.23. The van der Waals surface area contributed by atoms with Gasteiger partial charge < -0.3 is 10.1 Å². The summed E-state index contributed by atoms with van der Waals surface area (Å²) in [5.74, 6) is 0.150. The van der Waals surface area contributed by atoms with E-state index in [1.54, 1.807) is 36.4 Å². The number of hydrogen-bond acceptors (Lipinski definition) is 5. The van der Waals surface area contributed by atoms with Crippen LogP contribution in [-0.2, 0) is 9.59 Å². The van der Waals surface area contributed by atoms with Crippen LogP contribution >= 0.6 is 58.2 Å². The van der Waals surface area contributed by atoms with Crippen LogP contribution in [-0.4, -0.2) is 29.5 Å². The number of amides is 2. The highest BCUT2D eigenvalue weighted by Gasteiger charge is 2.41. The number of aryl methyl sites for hydroxylation is 2. The lowest BCUT2D eigenvalue weighted by molar-refractivity contribution is -0.118. The summed E-state index contributed by atoms with van der Waals surface area (Å²) < 4.78 is 5.65. The second-order valence-corrected chi connectivity index (χ2v) is 12.4. The largest absolute Gasteiger partial charge is 0.484 e. The molecule has 4 aromatic carbocycles. The highest BCUT2D eigenvalue weighted by atomic mass is 35.5. The summed E-state index contributed by atoms with van der Waals surface area (Å²) >= 11 is 26.7. The van der Waals surface area contributed by atoms with Gasteiger partial charge in [0.15, 0.2) is 6.61 Å². The minimum Gasteiger partial charge on any atom is -0.484 e. The maximum absolute atomic E-state index is 13.9. The summed E-state index contributed by atoms with van der Waals surface area (Å²) in [6.07, 6.45) is 0. The Labute approximate surface area is 273 Å². The number of hydrogen-bond donors (Lipinski definition) is 2. The number of carbonyl (C=O) groups excluding carboxylic acids is 2. The number of nitrogens with one attached hydrogen (secondary N) is 2. The molecule has 7 nitrogen and oxygen atoms in total. The van der Waals surface area contributed by atoms with Crippen molar-refractivity contribution in [3.05, 3.63) is 110 Å². The van der Waals surface area contributed by atoms with Crippen LogP contribution in [0.15, 0.2) is 88.8 Å². The molecule has 0 aliphatic carbocycles. The number of ether oxygens (including phenoxy) is 1. The Morgan fingerprint density at radius 2 is 1.65 bits per heavy atom. The summed E-state index contributed by atoms with van der Waals surface area (Å²) in [6.45, 7) is 3.68. The number of anilines is 2. The number of benzene rings is 4. The molecule has 2 amide bonds. The van der Waals surface area contributed by atoms with Crippen molar-refractivity contribution in [3.63, 3.8) is 0 Å². The van der Waals surface area contributed by atoms with Crippen molar-refractivity contribution in [3.8, 4) is 5.75 Å². The van der Waals surface area contributed by atoms with Crippen molar-refractivity contribution in [2.24, 2.45) is 4.99 Å². The molecular weight excluding hydrogens is 650 g/mol. The minimum atomic E-state index is -0.873. The molecule has 0 aromatic heterocycles. The zero-order chi connectivity index (χ0) is 30.7. The molecule has 2 N–H and O–H groups in total. The number of amidine groups is 1. The van der Waals surface area contributed by atoms with E-state index in [9.17, 15) is 9.59 Å². The molecule has 0 spiro atoms. The summed E-state index contributed by atoms with van der Waals surface area (Å²) in [4.78, 5) is 32.1. The molecule has 1 atom stereocenters. The third kappa shape index (κ3) is 7.40. The first-order chi connectivity index (χ1) is 20.6. The first kappa shape index (κ1) is 31.0. The van der Waals surface area contributed by atoms with Gasteiger partial charge in [-0.05, 0) is 73.5 Å². The van der Waals surface area contributed by atoms with Gasteiger partial charge >= 0.3 is 0 Å². The van der Waals surface area contributed by atoms with E-state index in [1.807, 2.05) is 44.2 Å². The SMILES string of the molecule is Cc1cccc(OCC(=O)Nc2ccccc2SC2C(=O)N(c3c(Cl)cc(Cl)cc3Cl)NC2=Nc2ccc(C)cc2Cl)c1. The zero-order valence-corrected chi connectivity index (χ0v) is 26.7. The van der Waals surface area contributed by atoms with Gasteiger partial charge in [0.05, 0.1) is 26.4 Å². The summed E-state index contributed by atoms with van der Waals surface area (Å²) in [7, 11) is 0. The fourth-order valence-electron chi connectivity index (χ4n) is 4.24. The Bertz CT molecular complexity index is 1730. The molecule has 220 valence electrons. The van der Waals surface area contributed by atoms with Crippen molar-refractivity contribution in [2.75, 3.05) is 16.9 Å². The third-order valence-corrected chi connectivity index (χ3v) is 8.60. The summed E-state index contributed by atoms with van der Waals surface area (Å²) in [6, 6.07) is 23.0. The maximum atomic E-state index is 13.9. The predicted molar refractivity (Wildman–Crippen MR) is 177 cm³/mol. The van der Waals surface area contributed by atoms with E-state index < -0.39 is 5.25 Å². The van der Waals surface area contributed by atoms with Gasteiger partial charge in [-0.25, -0.2) is 10.0 Å². The Hall–Kier alpha value is -3.40. The Balaban J connectivity index is 1.44. The molecule has 43 heavy (non-hydrogen) atoms. The molecular formula is C31H24Cl4N4O3S. The van der Waals surface area contributed by atoms with E-state index >= 15 is 0 Å². The molecule has 1 aliphatic rings. The number of rotatable bonds is 8. The topological polar surface area (TPSA) is 83.0 Å². The van der Waals surface area contributed by atoms with Gasteiger partial charge in [-0.2, -0.15) is 0 Å². The van der Waals surface area contributed by atoms with Crippen LogP contribution in [0.25, 0.3) is 0 Å². The lowest BCUT2D eigenvalue weighted by atomic mass is 10.2. The molecule has 1 saturated heterocycles. The molecule has 0 bridgehead atoms. The molecule has 1 aliphatic heterocycles. The molecule has 1 fully saturated rings. The molecule has 0 radical (unpaired) electrons. The quantitative estimate of drug-likeness (QED) is 0.196. The highest BCUT2D eigenvalue weighted by Crippen LogP contribution is 2.41. The van der Waals surface area contributed by atoms with Gasteiger partial charge in [0.2, 0.25) is 0 Å². The average molecular weight is 674 g/mol. The number of hydrazine groups is 1. The summed E-state index contributed by atoms with van der Waals surface area (Å²) in [5, 5.41) is 4.36. The van der Waals surface area contributed by atoms with Crippen molar-refractivity contribution in [1.29, 1.82) is 0 Å². The molecule has 4 aromatic rings. The Kier molecular flexibility index (Phi) is 9.74. The second kappa shape index (κ2) is 13.5. The van der Waals surface area contributed by atoms with Gasteiger partial charge in [-0.15, -0.1) is 11.8 Å². The van der Waals surface area contributed by atoms with Crippen molar-refractivity contribution in [1.82, 2.24) is 5.43 Å². The number of aliphatic imine (C=N–C) groups is 1. The van der Waals surface area contributed by atoms with E-state index in [0.717, 1.165) is 11.1 Å². The smallest absolute Gasteiger partial charge is 0.267 e. The zero-order valence-electron chi connectivity index (χ0n) is 22.8. The molecule has 5 rings (SSSR count). The third-order valence-electron chi connectivity index (χ3n) is 6.23. The number of para-hydroxylation sites is 1. The second-order valence-electron chi connectivity index (χ2n) is 9.60. The molecule has 1 heterocycles. The van der Waals surface area contributed by atoms with Gasteiger partial charge in [0.25, 0.3) is 11.8 Å². The lowest BCUT2D eigenvalue weighted by Crippen LogP contribution is -2.36. The first-order valence-corrected chi connectivity index (χ1v) is 15.3. The number of thioether (sulfide) groups is 1. The Morgan fingerprint density at radius 3 is 2.37 bits per heavy atom. The van der Waals surface area contributed by atoms with Crippen LogP contribution in [0.3, 0.4) is 0 Å². The van der Waals surface area contributed by atoms with Crippen LogP contribution < -0.4 is 20.5 Å². The predicted octanol–water partition coefficient (Wildman–Crippen LogP) is 8.68. The van der Waals surface area contributed by atoms with Crippen LogP contribution in [0.1, 0.15) is 11.1 Å². The van der Waals surface area contributed by atoms with Gasteiger partial charge in [0, 0.05) is 9.92 Å². The van der Waals surface area contributed by atoms with E-state index in [0.29, 0.717) is 37.9 Å². The molecule has 0 saturated carbocycles. The monoisotopic (exact) mass is 672 g/mol. The van der Waals surface area contributed by atoms with Crippen LogP contribution in [0.5, 0.6) is 5.75 Å². The van der Waals surface area contributed by atoms with Gasteiger partial charge in [-0.1, -0.05) is 76.7 Å². The number of halogens is 4. The molecule has 12 heteroatoms. The van der Waals surface area contributed by atoms with E-state index in [-0.39, 0.29) is 34.2 Å². The molecule has 1 unspecified atom stereocenters. The standard InChI is InChI=1S/C31H24Cl4N4O3S/c1-17-6-5-7-20(12-17)42-16-27(40)36-25-8-3-4-9-26(25)43-29-30(37-24-11-10-18(2)13-21(24)33)38-39(31(29)41)28-22(34)14-19(32)15-23(28)35/h3-15,29H,16H2,1-2H3,(H,36,40)(H,37,38). The fraction of sp³-hybridized carbons (Fsp3) is 0.129. The number of carbonyl (C=O) groups is 2. The first-order valence-electron chi connectivity index (χ1n) is 12.9. The van der Waals surface area contributed by atoms with Crippen LogP contribution in [0.4, 0.5) is 17.1 Å². The maximum Gasteiger partial charge on any atom is 0.267 e. The van der Waals surface area contributed by atoms with Gasteiger partial charge in [0.1, 0.15) is 22.5 Å². The van der Waals surface area contributed by atoms with Crippen LogP contribution in [0, 0.1) is 13.8 Å². The van der Waals surface area contributed by atoms with Crippen molar-refractivity contribution < 1.29 is 14.3 Å². The van der Waals surface area contributed by atoms with Crippen molar-refractivity contribution in [2.45, 2.75) is 24.0 Å². The van der Waals surface area contributed by atoms with Crippen LogP contribution in [0.2, 0.25) is 20.1 Å². The highest BCUT2D eigenvalue weighted by molar-refractivity contribution is 8.01. The van der Waals surface area contributed by atoms with E-state index in [1.165, 1.54) is 28.9 Å². The van der Waals surface area contributed by atoms with E-state index in [4.69, 9.17) is 56.1 Å². The number of nitrogens with zero attached hydrogens (tertiary/aromatic N) is 2. The normalized spacial score (nSPS) is 15.5. The van der Waals surface area contributed by atoms with E-state index in [2.05, 4.69) is 10.7 Å². The Morgan fingerprint density at radius 1 is 0.930 bits per heavy atom. The minimum absolute atomic E-state index is 0.179. The van der Waals surface area contributed by atoms with Crippen molar-refractivity contribution >= 4 is 92.9 Å². The van der Waals surface area contributed by atoms with Gasteiger partial charge in [-0.3, -0.25) is 15.0 Å². The fourth-order valence-corrected chi connectivity index (χ4v) is 6.58.